The lowest BCUT2D eigenvalue weighted by Gasteiger charge is -2.08. The first-order valence-electron chi connectivity index (χ1n) is 10.4. The third kappa shape index (κ3) is 3.56. The quantitative estimate of drug-likeness (QED) is 0.392. The van der Waals surface area contributed by atoms with Crippen LogP contribution in [0.4, 0.5) is 5.82 Å². The van der Waals surface area contributed by atoms with Gasteiger partial charge in [-0.1, -0.05) is 37.3 Å². The lowest BCUT2D eigenvalue weighted by molar-refractivity contribution is 0.355. The van der Waals surface area contributed by atoms with Crippen molar-refractivity contribution in [1.29, 1.82) is 0 Å². The Kier molecular flexibility index (Phi) is 5.39. The predicted octanol–water partition coefficient (Wildman–Crippen LogP) is 4.74. The number of fused-ring (bicyclic) bond motifs is 1. The van der Waals surface area contributed by atoms with Crippen LogP contribution in [0.3, 0.4) is 0 Å². The van der Waals surface area contributed by atoms with Crippen molar-refractivity contribution < 1.29 is 9.47 Å². The molecule has 0 unspecified atom stereocenters. The van der Waals surface area contributed by atoms with Gasteiger partial charge in [0.2, 0.25) is 0 Å². The molecular formula is C24H22N6O2S. The standard InChI is InChI=1S/C24H22N6O2S/c1-4-16-20(14-8-6-5-7-9-14)23-28-27-21(22(25)30(23)29-16)24-26-17(13-33-24)15-10-11-18(31-2)19(12-15)32-3/h5-13H,4,25H2,1-3H3. The number of thiazole rings is 1. The molecule has 0 saturated heterocycles. The summed E-state index contributed by atoms with van der Waals surface area (Å²) in [5, 5.41) is 16.3. The molecular weight excluding hydrogens is 436 g/mol. The fourth-order valence-electron chi connectivity index (χ4n) is 3.77. The molecule has 166 valence electrons. The van der Waals surface area contributed by atoms with E-state index in [0.29, 0.717) is 33.7 Å². The maximum Gasteiger partial charge on any atom is 0.187 e. The number of aromatic nitrogens is 5. The highest BCUT2D eigenvalue weighted by Gasteiger charge is 2.21. The van der Waals surface area contributed by atoms with E-state index in [1.54, 1.807) is 18.7 Å². The molecule has 8 nitrogen and oxygen atoms in total. The Labute approximate surface area is 194 Å². The van der Waals surface area contributed by atoms with E-state index in [-0.39, 0.29) is 0 Å². The van der Waals surface area contributed by atoms with Gasteiger partial charge in [-0.25, -0.2) is 4.98 Å². The molecule has 2 N–H and O–H groups in total. The molecule has 5 rings (SSSR count). The number of ether oxygens (including phenoxy) is 2. The number of nitrogens with two attached hydrogens (primary N) is 1. The van der Waals surface area contributed by atoms with Crippen molar-refractivity contribution >= 4 is 22.8 Å². The largest absolute Gasteiger partial charge is 0.493 e. The van der Waals surface area contributed by atoms with Crippen molar-refractivity contribution in [2.45, 2.75) is 13.3 Å². The third-order valence-corrected chi connectivity index (χ3v) is 6.28. The molecule has 2 aromatic carbocycles. The zero-order valence-electron chi connectivity index (χ0n) is 18.4. The molecule has 0 radical (unpaired) electrons. The number of aryl methyl sites for hydroxylation is 1. The molecule has 0 aliphatic carbocycles. The van der Waals surface area contributed by atoms with Gasteiger partial charge in [0.15, 0.2) is 28.7 Å². The van der Waals surface area contributed by atoms with Crippen LogP contribution in [0.2, 0.25) is 0 Å². The van der Waals surface area contributed by atoms with Crippen molar-refractivity contribution in [3.8, 4) is 44.6 Å². The topological polar surface area (TPSA) is 100 Å². The maximum absolute atomic E-state index is 6.53. The van der Waals surface area contributed by atoms with Crippen LogP contribution in [0.25, 0.3) is 38.7 Å². The van der Waals surface area contributed by atoms with Crippen molar-refractivity contribution in [3.05, 3.63) is 59.6 Å². The van der Waals surface area contributed by atoms with Crippen molar-refractivity contribution in [2.75, 3.05) is 20.0 Å². The van der Waals surface area contributed by atoms with Crippen LogP contribution in [0.1, 0.15) is 12.6 Å². The molecule has 0 spiro atoms. The van der Waals surface area contributed by atoms with E-state index >= 15 is 0 Å². The summed E-state index contributed by atoms with van der Waals surface area (Å²) in [6, 6.07) is 15.7. The first-order chi connectivity index (χ1) is 16.1. The number of hydrogen-bond acceptors (Lipinski definition) is 8. The Hall–Kier alpha value is -3.98. The Balaban J connectivity index is 1.58. The Morgan fingerprint density at radius 3 is 2.48 bits per heavy atom. The minimum Gasteiger partial charge on any atom is -0.493 e. The SMILES string of the molecule is CCc1nn2c(N)c(-c3nc(-c4ccc(OC)c(OC)c4)cs3)nnc2c1-c1ccccc1. The number of benzene rings is 2. The van der Waals surface area contributed by atoms with Crippen LogP contribution in [0.5, 0.6) is 11.5 Å². The van der Waals surface area contributed by atoms with Crippen LogP contribution in [0, 0.1) is 0 Å². The van der Waals surface area contributed by atoms with E-state index in [1.807, 2.05) is 53.9 Å². The van der Waals surface area contributed by atoms with Crippen LogP contribution in [-0.4, -0.2) is 39.0 Å². The maximum atomic E-state index is 6.53. The molecule has 0 amide bonds. The minimum absolute atomic E-state index is 0.407. The molecule has 0 atom stereocenters. The van der Waals surface area contributed by atoms with Crippen LogP contribution in [-0.2, 0) is 6.42 Å². The molecule has 0 saturated carbocycles. The number of nitrogens with zero attached hydrogens (tertiary/aromatic N) is 5. The second-order valence-electron chi connectivity index (χ2n) is 7.32. The van der Waals surface area contributed by atoms with E-state index in [2.05, 4.69) is 17.1 Å². The molecule has 0 fully saturated rings. The smallest absolute Gasteiger partial charge is 0.187 e. The van der Waals surface area contributed by atoms with E-state index in [9.17, 15) is 0 Å². The van der Waals surface area contributed by atoms with Gasteiger partial charge in [0.05, 0.1) is 31.2 Å². The predicted molar refractivity (Wildman–Crippen MR) is 130 cm³/mol. The minimum atomic E-state index is 0.407. The summed E-state index contributed by atoms with van der Waals surface area (Å²) in [4.78, 5) is 4.76. The second-order valence-corrected chi connectivity index (χ2v) is 8.18. The van der Waals surface area contributed by atoms with Gasteiger partial charge in [-0.3, -0.25) is 0 Å². The number of rotatable bonds is 6. The number of hydrogen-bond donors (Lipinski definition) is 1. The van der Waals surface area contributed by atoms with Crippen LogP contribution >= 0.6 is 11.3 Å². The molecule has 3 heterocycles. The summed E-state index contributed by atoms with van der Waals surface area (Å²) in [7, 11) is 3.22. The number of anilines is 1. The van der Waals surface area contributed by atoms with Gasteiger partial charge >= 0.3 is 0 Å². The molecule has 33 heavy (non-hydrogen) atoms. The first-order valence-corrected chi connectivity index (χ1v) is 11.3. The molecule has 0 aliphatic heterocycles. The number of nitrogen functional groups attached to an aromatic ring is 1. The van der Waals surface area contributed by atoms with E-state index < -0.39 is 0 Å². The van der Waals surface area contributed by atoms with Gasteiger partial charge in [-0.05, 0) is 30.2 Å². The Morgan fingerprint density at radius 1 is 0.970 bits per heavy atom. The van der Waals surface area contributed by atoms with E-state index in [0.717, 1.165) is 34.5 Å². The van der Waals surface area contributed by atoms with Crippen LogP contribution in [0.15, 0.2) is 53.9 Å². The summed E-state index contributed by atoms with van der Waals surface area (Å²) in [6.45, 7) is 2.06. The lowest BCUT2D eigenvalue weighted by atomic mass is 10.0. The normalized spacial score (nSPS) is 11.1. The fourth-order valence-corrected chi connectivity index (χ4v) is 4.59. The highest BCUT2D eigenvalue weighted by molar-refractivity contribution is 7.13. The van der Waals surface area contributed by atoms with Gasteiger partial charge in [0, 0.05) is 10.9 Å². The molecule has 9 heteroatoms. The summed E-state index contributed by atoms with van der Waals surface area (Å²) in [6.07, 6.45) is 0.753. The average Bonchev–Trinajstić information content (AvgIpc) is 3.50. The zero-order chi connectivity index (χ0) is 22.9. The van der Waals surface area contributed by atoms with Gasteiger partial charge in [-0.15, -0.1) is 21.5 Å². The third-order valence-electron chi connectivity index (χ3n) is 5.43. The molecule has 0 aliphatic rings. The van der Waals surface area contributed by atoms with E-state index in [4.69, 9.17) is 25.3 Å². The summed E-state index contributed by atoms with van der Waals surface area (Å²) in [5.74, 6) is 1.71. The number of methoxy groups -OCH3 is 2. The van der Waals surface area contributed by atoms with Crippen LogP contribution < -0.4 is 15.2 Å². The van der Waals surface area contributed by atoms with Crippen molar-refractivity contribution in [3.63, 3.8) is 0 Å². The summed E-state index contributed by atoms with van der Waals surface area (Å²) < 4.78 is 12.4. The molecule has 3 aromatic heterocycles. The Bertz CT molecular complexity index is 1440. The van der Waals surface area contributed by atoms with Gasteiger partial charge in [0.1, 0.15) is 5.01 Å². The van der Waals surface area contributed by atoms with Gasteiger partial charge in [0.25, 0.3) is 0 Å². The van der Waals surface area contributed by atoms with Gasteiger partial charge in [-0.2, -0.15) is 9.61 Å². The van der Waals surface area contributed by atoms with Crippen molar-refractivity contribution in [2.24, 2.45) is 0 Å². The molecule has 5 aromatic rings. The Morgan fingerprint density at radius 2 is 1.76 bits per heavy atom. The summed E-state index contributed by atoms with van der Waals surface area (Å²) >= 11 is 1.45. The zero-order valence-corrected chi connectivity index (χ0v) is 19.3. The monoisotopic (exact) mass is 458 g/mol. The van der Waals surface area contributed by atoms with Gasteiger partial charge < -0.3 is 15.2 Å². The fraction of sp³-hybridized carbons (Fsp3) is 0.167. The van der Waals surface area contributed by atoms with E-state index in [1.165, 1.54) is 11.3 Å². The average molecular weight is 459 g/mol. The lowest BCUT2D eigenvalue weighted by Crippen LogP contribution is -2.05. The highest BCUT2D eigenvalue weighted by atomic mass is 32.1. The molecule has 0 bridgehead atoms. The first kappa shape index (κ1) is 20.9. The second kappa shape index (κ2) is 8.51. The summed E-state index contributed by atoms with van der Waals surface area (Å²) in [5.41, 5.74) is 12.3. The highest BCUT2D eigenvalue weighted by Crippen LogP contribution is 2.36. The van der Waals surface area contributed by atoms with Crippen molar-refractivity contribution in [1.82, 2.24) is 24.8 Å².